The molecule has 6 heteroatoms. The molecule has 0 radical (unpaired) electrons. The highest BCUT2D eigenvalue weighted by Gasteiger charge is 2.37. The summed E-state index contributed by atoms with van der Waals surface area (Å²) in [6.07, 6.45) is 6.43. The summed E-state index contributed by atoms with van der Waals surface area (Å²) in [5.41, 5.74) is 0.758. The maximum absolute atomic E-state index is 13.3. The number of esters is 1. The fourth-order valence-corrected chi connectivity index (χ4v) is 6.12. The third kappa shape index (κ3) is 8.66. The van der Waals surface area contributed by atoms with E-state index in [1.807, 2.05) is 33.8 Å². The normalized spacial score (nSPS) is 41.4. The van der Waals surface area contributed by atoms with Gasteiger partial charge in [0.25, 0.3) is 0 Å². The molecular weight excluding hydrogens is 454 g/mol. The highest BCUT2D eigenvalue weighted by atomic mass is 16.7. The van der Waals surface area contributed by atoms with Gasteiger partial charge in [0.2, 0.25) is 0 Å². The Morgan fingerprint density at radius 2 is 1.56 bits per heavy atom. The molecule has 0 amide bonds. The standard InChI is InChI=1S/C30H53NO5/c1-11-12-26-18(2)13-19(3)28(32)20(4)14-21(5)29(22(6)15-23(7)30(33)35-26)36-27-17-25(31(9)10)16-24(8)34-27/h13,18,20-27,29H,11-12,14-17H2,1-10H3/b19-13+/t18-,20-,21+,22+,23-,24?,25?,26-,27+,29+/m1/s1. The van der Waals surface area contributed by atoms with Crippen molar-refractivity contribution in [3.05, 3.63) is 11.6 Å². The number of allylic oxidation sites excluding steroid dienone is 1. The maximum Gasteiger partial charge on any atom is 0.308 e. The van der Waals surface area contributed by atoms with Crippen molar-refractivity contribution in [2.45, 2.75) is 125 Å². The first kappa shape index (κ1) is 31.0. The van der Waals surface area contributed by atoms with Crippen molar-refractivity contribution in [2.75, 3.05) is 14.1 Å². The quantitative estimate of drug-likeness (QED) is 0.424. The van der Waals surface area contributed by atoms with Crippen LogP contribution >= 0.6 is 0 Å². The summed E-state index contributed by atoms with van der Waals surface area (Å²) in [6, 6.07) is 0.405. The van der Waals surface area contributed by atoms with Gasteiger partial charge in [-0.05, 0) is 71.0 Å². The summed E-state index contributed by atoms with van der Waals surface area (Å²) >= 11 is 0. The Morgan fingerprint density at radius 3 is 2.14 bits per heavy atom. The first-order chi connectivity index (χ1) is 16.8. The Balaban J connectivity index is 2.33. The van der Waals surface area contributed by atoms with E-state index in [1.54, 1.807) is 0 Å². The van der Waals surface area contributed by atoms with Crippen LogP contribution in [0.15, 0.2) is 11.6 Å². The number of hydrogen-bond acceptors (Lipinski definition) is 6. The van der Waals surface area contributed by atoms with Crippen LogP contribution in [0.4, 0.5) is 0 Å². The van der Waals surface area contributed by atoms with Crippen LogP contribution in [0.3, 0.4) is 0 Å². The monoisotopic (exact) mass is 507 g/mol. The number of carbonyl (C=O) groups is 2. The molecule has 0 aromatic heterocycles. The zero-order chi connectivity index (χ0) is 27.2. The van der Waals surface area contributed by atoms with E-state index < -0.39 is 0 Å². The number of ketones is 1. The molecule has 2 unspecified atom stereocenters. The molecule has 0 spiro atoms. The van der Waals surface area contributed by atoms with Gasteiger partial charge in [0.15, 0.2) is 12.1 Å². The summed E-state index contributed by atoms with van der Waals surface area (Å²) < 4.78 is 19.0. The average molecular weight is 508 g/mol. The molecule has 36 heavy (non-hydrogen) atoms. The van der Waals surface area contributed by atoms with Gasteiger partial charge in [-0.15, -0.1) is 0 Å². The van der Waals surface area contributed by atoms with Gasteiger partial charge in [0.05, 0.1) is 18.1 Å². The SMILES string of the molecule is CCC[C@H]1OC(=O)[C@H](C)C[C@H](C)[C@@H](O[C@H]2CC(N(C)C)CC(C)O2)[C@@H](C)C[C@@H](C)C(=O)/C(C)=C/[C@H]1C. The summed E-state index contributed by atoms with van der Waals surface area (Å²) in [4.78, 5) is 28.6. The number of nitrogens with zero attached hydrogens (tertiary/aromatic N) is 1. The summed E-state index contributed by atoms with van der Waals surface area (Å²) in [5.74, 6) is -0.0559. The highest BCUT2D eigenvalue weighted by molar-refractivity contribution is 5.96. The number of rotatable bonds is 5. The van der Waals surface area contributed by atoms with E-state index in [-0.39, 0.29) is 65.9 Å². The lowest BCUT2D eigenvalue weighted by atomic mass is 9.80. The van der Waals surface area contributed by atoms with Crippen molar-refractivity contribution in [2.24, 2.45) is 29.6 Å². The second-order valence-corrected chi connectivity index (χ2v) is 12.1. The first-order valence-electron chi connectivity index (χ1n) is 14.2. The van der Waals surface area contributed by atoms with Gasteiger partial charge in [-0.2, -0.15) is 0 Å². The van der Waals surface area contributed by atoms with Crippen molar-refractivity contribution in [1.29, 1.82) is 0 Å². The molecule has 0 aliphatic carbocycles. The molecule has 2 aliphatic rings. The predicted octanol–water partition coefficient (Wildman–Crippen LogP) is 6.03. The second kappa shape index (κ2) is 14.1. The summed E-state index contributed by atoms with van der Waals surface area (Å²) in [5, 5.41) is 0. The van der Waals surface area contributed by atoms with Crippen LogP contribution in [0.5, 0.6) is 0 Å². The minimum atomic E-state index is -0.292. The lowest BCUT2D eigenvalue weighted by Crippen LogP contribution is -2.45. The van der Waals surface area contributed by atoms with Crippen molar-refractivity contribution < 1.29 is 23.8 Å². The molecule has 0 bridgehead atoms. The molecule has 1 saturated heterocycles. The van der Waals surface area contributed by atoms with Crippen LogP contribution in [-0.2, 0) is 23.8 Å². The number of carbonyl (C=O) groups excluding carboxylic acids is 2. The van der Waals surface area contributed by atoms with Crippen LogP contribution < -0.4 is 0 Å². The Labute approximate surface area is 220 Å². The molecule has 6 nitrogen and oxygen atoms in total. The predicted molar refractivity (Wildman–Crippen MR) is 145 cm³/mol. The zero-order valence-electron chi connectivity index (χ0n) is 24.6. The third-order valence-electron chi connectivity index (χ3n) is 8.24. The van der Waals surface area contributed by atoms with E-state index >= 15 is 0 Å². The molecule has 2 rings (SSSR count). The van der Waals surface area contributed by atoms with Crippen LogP contribution in [0.1, 0.15) is 93.9 Å². The number of ether oxygens (including phenoxy) is 3. The van der Waals surface area contributed by atoms with Gasteiger partial charge < -0.3 is 19.1 Å². The summed E-state index contributed by atoms with van der Waals surface area (Å²) in [7, 11) is 4.21. The van der Waals surface area contributed by atoms with Gasteiger partial charge in [0.1, 0.15) is 6.10 Å². The first-order valence-corrected chi connectivity index (χ1v) is 14.2. The van der Waals surface area contributed by atoms with E-state index in [0.29, 0.717) is 12.5 Å². The molecule has 1 fully saturated rings. The van der Waals surface area contributed by atoms with E-state index in [1.165, 1.54) is 0 Å². The minimum absolute atomic E-state index is 0.00111. The Kier molecular flexibility index (Phi) is 12.1. The largest absolute Gasteiger partial charge is 0.462 e. The topological polar surface area (TPSA) is 65.1 Å². The summed E-state index contributed by atoms with van der Waals surface area (Å²) in [6.45, 7) is 16.5. The molecule has 2 aliphatic heterocycles. The van der Waals surface area contributed by atoms with Crippen molar-refractivity contribution in [3.8, 4) is 0 Å². The lowest BCUT2D eigenvalue weighted by molar-refractivity contribution is -0.238. The third-order valence-corrected chi connectivity index (χ3v) is 8.24. The van der Waals surface area contributed by atoms with Gasteiger partial charge in [0, 0.05) is 24.3 Å². The van der Waals surface area contributed by atoms with Crippen molar-refractivity contribution >= 4 is 11.8 Å². The molecule has 2 heterocycles. The minimum Gasteiger partial charge on any atom is -0.462 e. The van der Waals surface area contributed by atoms with E-state index in [9.17, 15) is 9.59 Å². The number of hydrogen-bond donors (Lipinski definition) is 0. The fraction of sp³-hybridized carbons (Fsp3) is 0.867. The fourth-order valence-electron chi connectivity index (χ4n) is 6.12. The average Bonchev–Trinajstić information content (AvgIpc) is 2.80. The Morgan fingerprint density at radius 1 is 0.944 bits per heavy atom. The molecule has 0 N–H and O–H groups in total. The van der Waals surface area contributed by atoms with E-state index in [0.717, 1.165) is 37.7 Å². The molecule has 208 valence electrons. The van der Waals surface area contributed by atoms with Crippen LogP contribution in [-0.4, -0.2) is 61.4 Å². The van der Waals surface area contributed by atoms with Crippen molar-refractivity contribution in [3.63, 3.8) is 0 Å². The molecule has 10 atom stereocenters. The number of cyclic esters (lactones) is 1. The smallest absolute Gasteiger partial charge is 0.308 e. The van der Waals surface area contributed by atoms with Gasteiger partial charge >= 0.3 is 5.97 Å². The van der Waals surface area contributed by atoms with E-state index in [2.05, 4.69) is 46.7 Å². The van der Waals surface area contributed by atoms with Crippen LogP contribution in [0.2, 0.25) is 0 Å². The van der Waals surface area contributed by atoms with Gasteiger partial charge in [-0.1, -0.05) is 54.0 Å². The van der Waals surface area contributed by atoms with Gasteiger partial charge in [-0.25, -0.2) is 0 Å². The van der Waals surface area contributed by atoms with Gasteiger partial charge in [-0.3, -0.25) is 9.59 Å². The lowest BCUT2D eigenvalue weighted by Gasteiger charge is -2.41. The Hall–Kier alpha value is -1.24. The Bertz CT molecular complexity index is 750. The van der Waals surface area contributed by atoms with Crippen LogP contribution in [0, 0.1) is 29.6 Å². The zero-order valence-corrected chi connectivity index (χ0v) is 24.6. The maximum atomic E-state index is 13.3. The second-order valence-electron chi connectivity index (χ2n) is 12.1. The molecular formula is C30H53NO5. The molecule has 0 aromatic carbocycles. The van der Waals surface area contributed by atoms with Crippen LogP contribution in [0.25, 0.3) is 0 Å². The molecule has 0 saturated carbocycles. The van der Waals surface area contributed by atoms with Crippen molar-refractivity contribution in [1.82, 2.24) is 4.90 Å². The highest BCUT2D eigenvalue weighted by Crippen LogP contribution is 2.33. The number of Topliss-reactive ketones (excluding diaryl/α,β-unsaturated/α-hetero) is 1. The van der Waals surface area contributed by atoms with E-state index in [4.69, 9.17) is 14.2 Å². The molecule has 0 aromatic rings.